The molecule has 1 saturated carbocycles. The third-order valence-corrected chi connectivity index (χ3v) is 3.97. The van der Waals surface area contributed by atoms with Crippen LogP contribution in [0.25, 0.3) is 0 Å². The van der Waals surface area contributed by atoms with Crippen molar-refractivity contribution in [3.05, 3.63) is 0 Å². The largest absolute Gasteiger partial charge is 0.350 e. The van der Waals surface area contributed by atoms with Gasteiger partial charge in [0.25, 0.3) is 0 Å². The minimum absolute atomic E-state index is 0.0357. The van der Waals surface area contributed by atoms with Crippen molar-refractivity contribution in [3.8, 4) is 0 Å². The normalized spacial score (nSPS) is 33.9. The fourth-order valence-electron chi connectivity index (χ4n) is 3.16. The molecule has 1 amide bonds. The van der Waals surface area contributed by atoms with Gasteiger partial charge in [0, 0.05) is 11.6 Å². The van der Waals surface area contributed by atoms with Crippen LogP contribution in [0.4, 0.5) is 0 Å². The molecular weight excluding hydrogens is 212 g/mol. The molecule has 1 heterocycles. The van der Waals surface area contributed by atoms with Gasteiger partial charge >= 0.3 is 0 Å². The predicted molar refractivity (Wildman–Crippen MR) is 69.8 cm³/mol. The van der Waals surface area contributed by atoms with E-state index in [0.29, 0.717) is 6.04 Å². The molecule has 2 N–H and O–H groups in total. The number of nitrogens with one attached hydrogen (secondary N) is 2. The van der Waals surface area contributed by atoms with Crippen molar-refractivity contribution in [3.63, 3.8) is 0 Å². The number of piperidine rings is 1. The van der Waals surface area contributed by atoms with Crippen molar-refractivity contribution in [2.24, 2.45) is 5.92 Å². The molecule has 17 heavy (non-hydrogen) atoms. The van der Waals surface area contributed by atoms with E-state index in [0.717, 1.165) is 12.3 Å². The molecule has 3 nitrogen and oxygen atoms in total. The van der Waals surface area contributed by atoms with Crippen molar-refractivity contribution in [2.45, 2.75) is 76.9 Å². The van der Waals surface area contributed by atoms with E-state index in [1.165, 1.54) is 32.1 Å². The Morgan fingerprint density at radius 2 is 1.82 bits per heavy atom. The summed E-state index contributed by atoms with van der Waals surface area (Å²) in [5.74, 6) is 1.00. The van der Waals surface area contributed by atoms with Crippen LogP contribution in [0.3, 0.4) is 0 Å². The van der Waals surface area contributed by atoms with E-state index in [4.69, 9.17) is 0 Å². The lowest BCUT2D eigenvalue weighted by Crippen LogP contribution is -2.57. The number of amides is 1. The van der Waals surface area contributed by atoms with E-state index in [2.05, 4.69) is 10.6 Å². The molecule has 1 aliphatic carbocycles. The number of rotatable bonds is 1. The summed E-state index contributed by atoms with van der Waals surface area (Å²) in [6.07, 6.45) is 7.53. The van der Waals surface area contributed by atoms with Crippen LogP contribution in [-0.4, -0.2) is 23.5 Å². The summed E-state index contributed by atoms with van der Waals surface area (Å²) in [6.45, 7) is 6.12. The summed E-state index contributed by atoms with van der Waals surface area (Å²) in [7, 11) is 0. The van der Waals surface area contributed by atoms with Gasteiger partial charge in [-0.15, -0.1) is 0 Å². The minimum Gasteiger partial charge on any atom is -0.350 e. The van der Waals surface area contributed by atoms with Crippen LogP contribution < -0.4 is 10.6 Å². The fourth-order valence-corrected chi connectivity index (χ4v) is 3.16. The standard InChI is InChI=1S/C14H26N2O/c1-14(2,3)16-13(17)12-9-8-10-6-4-5-7-11(10)15-12/h10-12,15H,4-9H2,1-3H3,(H,16,17). The first kappa shape index (κ1) is 12.9. The molecule has 0 aromatic carbocycles. The van der Waals surface area contributed by atoms with Gasteiger partial charge in [-0.3, -0.25) is 4.79 Å². The molecule has 98 valence electrons. The topological polar surface area (TPSA) is 41.1 Å². The van der Waals surface area contributed by atoms with Crippen LogP contribution in [0.2, 0.25) is 0 Å². The van der Waals surface area contributed by atoms with Crippen LogP contribution in [-0.2, 0) is 4.79 Å². The molecule has 3 heteroatoms. The first-order chi connectivity index (χ1) is 7.96. The lowest BCUT2D eigenvalue weighted by molar-refractivity contribution is -0.125. The van der Waals surface area contributed by atoms with Gasteiger partial charge in [0.1, 0.15) is 0 Å². The monoisotopic (exact) mass is 238 g/mol. The maximum absolute atomic E-state index is 12.1. The quantitative estimate of drug-likeness (QED) is 0.735. The first-order valence-corrected chi connectivity index (χ1v) is 7.04. The highest BCUT2D eigenvalue weighted by molar-refractivity contribution is 5.82. The van der Waals surface area contributed by atoms with Gasteiger partial charge in [-0.05, 0) is 52.4 Å². The molecule has 3 unspecified atom stereocenters. The highest BCUT2D eigenvalue weighted by atomic mass is 16.2. The average molecular weight is 238 g/mol. The molecule has 0 aromatic rings. The van der Waals surface area contributed by atoms with Crippen molar-refractivity contribution in [1.29, 1.82) is 0 Å². The molecule has 0 aromatic heterocycles. The van der Waals surface area contributed by atoms with Crippen LogP contribution in [0, 0.1) is 5.92 Å². The van der Waals surface area contributed by atoms with Gasteiger partial charge in [-0.1, -0.05) is 12.8 Å². The molecule has 2 fully saturated rings. The van der Waals surface area contributed by atoms with E-state index < -0.39 is 0 Å². The predicted octanol–water partition coefficient (Wildman–Crippen LogP) is 2.21. The van der Waals surface area contributed by atoms with E-state index >= 15 is 0 Å². The van der Waals surface area contributed by atoms with Gasteiger partial charge in [-0.2, -0.15) is 0 Å². The molecule has 1 saturated heterocycles. The van der Waals surface area contributed by atoms with Gasteiger partial charge < -0.3 is 10.6 Å². The Hall–Kier alpha value is -0.570. The van der Waals surface area contributed by atoms with Crippen LogP contribution >= 0.6 is 0 Å². The Morgan fingerprint density at radius 1 is 1.12 bits per heavy atom. The number of carbonyl (C=O) groups excluding carboxylic acids is 1. The third kappa shape index (κ3) is 3.44. The Balaban J connectivity index is 1.89. The lowest BCUT2D eigenvalue weighted by atomic mass is 9.77. The van der Waals surface area contributed by atoms with E-state index in [1.807, 2.05) is 20.8 Å². The summed E-state index contributed by atoms with van der Waals surface area (Å²) in [6, 6.07) is 0.627. The molecule has 2 rings (SSSR count). The highest BCUT2D eigenvalue weighted by Crippen LogP contribution is 2.32. The molecule has 2 aliphatic rings. The highest BCUT2D eigenvalue weighted by Gasteiger charge is 2.35. The fraction of sp³-hybridized carbons (Fsp3) is 0.929. The number of carbonyl (C=O) groups is 1. The minimum atomic E-state index is -0.123. The molecule has 3 atom stereocenters. The van der Waals surface area contributed by atoms with Gasteiger partial charge in [0.15, 0.2) is 0 Å². The number of hydrogen-bond acceptors (Lipinski definition) is 2. The molecule has 0 spiro atoms. The Bertz CT molecular complexity index is 282. The molecule has 0 bridgehead atoms. The molecule has 1 aliphatic heterocycles. The Morgan fingerprint density at radius 3 is 2.53 bits per heavy atom. The zero-order chi connectivity index (χ0) is 12.5. The lowest BCUT2D eigenvalue weighted by Gasteiger charge is -2.40. The summed E-state index contributed by atoms with van der Waals surface area (Å²) in [5.41, 5.74) is -0.123. The second kappa shape index (κ2) is 4.97. The summed E-state index contributed by atoms with van der Waals surface area (Å²) < 4.78 is 0. The Labute approximate surface area is 105 Å². The smallest absolute Gasteiger partial charge is 0.237 e. The molecule has 0 radical (unpaired) electrons. The summed E-state index contributed by atoms with van der Waals surface area (Å²) in [4.78, 5) is 12.1. The summed E-state index contributed by atoms with van der Waals surface area (Å²) >= 11 is 0. The summed E-state index contributed by atoms with van der Waals surface area (Å²) in [5, 5.41) is 6.65. The SMILES string of the molecule is CC(C)(C)NC(=O)C1CCC2CCCCC2N1. The van der Waals surface area contributed by atoms with Gasteiger partial charge in [0.2, 0.25) is 5.91 Å². The van der Waals surface area contributed by atoms with Gasteiger partial charge in [0.05, 0.1) is 6.04 Å². The second-order valence-corrected chi connectivity index (χ2v) is 6.69. The maximum Gasteiger partial charge on any atom is 0.237 e. The first-order valence-electron chi connectivity index (χ1n) is 7.04. The van der Waals surface area contributed by atoms with Crippen LogP contribution in [0.5, 0.6) is 0 Å². The van der Waals surface area contributed by atoms with Crippen LogP contribution in [0.15, 0.2) is 0 Å². The second-order valence-electron chi connectivity index (χ2n) is 6.69. The van der Waals surface area contributed by atoms with Crippen molar-refractivity contribution < 1.29 is 4.79 Å². The van der Waals surface area contributed by atoms with E-state index in [1.54, 1.807) is 0 Å². The zero-order valence-corrected chi connectivity index (χ0v) is 11.4. The van der Waals surface area contributed by atoms with Crippen molar-refractivity contribution in [1.82, 2.24) is 10.6 Å². The maximum atomic E-state index is 12.1. The average Bonchev–Trinajstić information content (AvgIpc) is 2.26. The molecular formula is C14H26N2O. The Kier molecular flexibility index (Phi) is 3.76. The zero-order valence-electron chi connectivity index (χ0n) is 11.4. The van der Waals surface area contributed by atoms with Crippen LogP contribution in [0.1, 0.15) is 59.3 Å². The van der Waals surface area contributed by atoms with Crippen molar-refractivity contribution >= 4 is 5.91 Å². The third-order valence-electron chi connectivity index (χ3n) is 3.97. The van der Waals surface area contributed by atoms with E-state index in [9.17, 15) is 4.79 Å². The number of hydrogen-bond donors (Lipinski definition) is 2. The van der Waals surface area contributed by atoms with Gasteiger partial charge in [-0.25, -0.2) is 0 Å². The number of fused-ring (bicyclic) bond motifs is 1. The van der Waals surface area contributed by atoms with E-state index in [-0.39, 0.29) is 17.5 Å². The van der Waals surface area contributed by atoms with Crippen molar-refractivity contribution in [2.75, 3.05) is 0 Å².